The third kappa shape index (κ3) is 3.52. The molecule has 6 nitrogen and oxygen atoms in total. The Balaban J connectivity index is 1.90. The van der Waals surface area contributed by atoms with Gasteiger partial charge < -0.3 is 4.74 Å². The molecule has 1 aromatic carbocycles. The number of nitrogens with zero attached hydrogens (tertiary/aromatic N) is 2. The van der Waals surface area contributed by atoms with E-state index in [4.69, 9.17) is 11.6 Å². The Labute approximate surface area is 150 Å². The molecule has 0 unspecified atom stereocenters. The average molecular weight is 379 g/mol. The second-order valence-electron chi connectivity index (χ2n) is 5.39. The molecule has 0 bridgehead atoms. The minimum absolute atomic E-state index is 0.168. The molecule has 130 valence electrons. The number of pyridine rings is 1. The summed E-state index contributed by atoms with van der Waals surface area (Å²) in [5.74, 6) is -0.0578. The van der Waals surface area contributed by atoms with E-state index < -0.39 is 16.0 Å². The molecular formula is C17H15ClN2O4S. The van der Waals surface area contributed by atoms with Crippen molar-refractivity contribution in [2.75, 3.05) is 18.0 Å². The fourth-order valence-electron chi connectivity index (χ4n) is 2.55. The van der Waals surface area contributed by atoms with E-state index in [1.54, 1.807) is 18.2 Å². The van der Waals surface area contributed by atoms with Crippen LogP contribution in [0.1, 0.15) is 11.1 Å². The largest absolute Gasteiger partial charge is 0.466 e. The van der Waals surface area contributed by atoms with Crippen LogP contribution in [0.4, 0.5) is 5.82 Å². The number of aromatic nitrogens is 1. The smallest absolute Gasteiger partial charge is 0.330 e. The number of ether oxygens (including phenoxy) is 1. The van der Waals surface area contributed by atoms with Gasteiger partial charge in [0.15, 0.2) is 0 Å². The van der Waals surface area contributed by atoms with E-state index in [1.165, 1.54) is 35.8 Å². The van der Waals surface area contributed by atoms with Crippen LogP contribution in [0, 0.1) is 0 Å². The molecule has 0 atom stereocenters. The van der Waals surface area contributed by atoms with Gasteiger partial charge in [-0.05, 0) is 54.0 Å². The van der Waals surface area contributed by atoms with Gasteiger partial charge in [0.05, 0.1) is 12.0 Å². The molecule has 0 saturated carbocycles. The first-order chi connectivity index (χ1) is 11.9. The van der Waals surface area contributed by atoms with E-state index >= 15 is 0 Å². The van der Waals surface area contributed by atoms with Crippen molar-refractivity contribution in [2.24, 2.45) is 0 Å². The van der Waals surface area contributed by atoms with Gasteiger partial charge in [0.2, 0.25) is 0 Å². The maximum Gasteiger partial charge on any atom is 0.330 e. The molecule has 0 saturated heterocycles. The Morgan fingerprint density at radius 3 is 2.72 bits per heavy atom. The summed E-state index contributed by atoms with van der Waals surface area (Å²) in [4.78, 5) is 15.6. The van der Waals surface area contributed by atoms with Crippen molar-refractivity contribution in [2.45, 2.75) is 11.3 Å². The number of halogens is 1. The molecule has 0 spiro atoms. The Hall–Kier alpha value is -2.38. The predicted octanol–water partition coefficient (Wildman–Crippen LogP) is 2.67. The number of rotatable bonds is 4. The summed E-state index contributed by atoms with van der Waals surface area (Å²) in [6, 6.07) is 7.85. The van der Waals surface area contributed by atoms with E-state index in [0.717, 1.165) is 5.56 Å². The number of methoxy groups -OCH3 is 1. The molecule has 8 heteroatoms. The van der Waals surface area contributed by atoms with Crippen molar-refractivity contribution >= 4 is 39.5 Å². The van der Waals surface area contributed by atoms with Crippen molar-refractivity contribution in [3.63, 3.8) is 0 Å². The zero-order valence-electron chi connectivity index (χ0n) is 13.3. The topological polar surface area (TPSA) is 76.6 Å². The number of carbonyl (C=O) groups excluding carboxylic acids is 1. The van der Waals surface area contributed by atoms with Crippen LogP contribution in [0.5, 0.6) is 0 Å². The molecule has 0 fully saturated rings. The zero-order valence-corrected chi connectivity index (χ0v) is 14.9. The lowest BCUT2D eigenvalue weighted by atomic mass is 10.1. The lowest BCUT2D eigenvalue weighted by Gasteiger charge is -2.18. The van der Waals surface area contributed by atoms with Gasteiger partial charge in [0.25, 0.3) is 10.0 Å². The van der Waals surface area contributed by atoms with E-state index in [9.17, 15) is 13.2 Å². The van der Waals surface area contributed by atoms with Crippen molar-refractivity contribution in [1.29, 1.82) is 0 Å². The number of fused-ring (bicyclic) bond motifs is 1. The summed E-state index contributed by atoms with van der Waals surface area (Å²) in [6.07, 6.45) is 4.94. The summed E-state index contributed by atoms with van der Waals surface area (Å²) in [7, 11) is -2.39. The van der Waals surface area contributed by atoms with Crippen LogP contribution in [-0.2, 0) is 26.0 Å². The maximum atomic E-state index is 12.8. The molecule has 0 N–H and O–H groups in total. The molecular weight excluding hydrogens is 364 g/mol. The normalized spacial score (nSPS) is 13.9. The number of sulfonamides is 1. The van der Waals surface area contributed by atoms with E-state index in [-0.39, 0.29) is 4.90 Å². The van der Waals surface area contributed by atoms with Gasteiger partial charge in [0.1, 0.15) is 5.82 Å². The lowest BCUT2D eigenvalue weighted by Crippen LogP contribution is -2.29. The molecule has 3 rings (SSSR count). The van der Waals surface area contributed by atoms with Gasteiger partial charge in [-0.15, -0.1) is 0 Å². The number of carbonyl (C=O) groups is 1. The van der Waals surface area contributed by atoms with Crippen LogP contribution in [-0.4, -0.2) is 33.0 Å². The second kappa shape index (κ2) is 6.85. The highest BCUT2D eigenvalue weighted by Gasteiger charge is 2.32. The highest BCUT2D eigenvalue weighted by Crippen LogP contribution is 2.32. The fraction of sp³-hybridized carbons (Fsp3) is 0.176. The quantitative estimate of drug-likeness (QED) is 0.604. The molecule has 1 aromatic heterocycles. The molecule has 2 heterocycles. The standard InChI is InChI=1S/C17H15ClN2O4S/c1-24-16(21)7-2-12-10-13-8-9-20(17(13)19-11-12)25(22,23)15-5-3-14(18)4-6-15/h2-7,10-11H,8-9H2,1H3. The summed E-state index contributed by atoms with van der Waals surface area (Å²) < 4.78 is 31.5. The molecule has 0 amide bonds. The number of anilines is 1. The first-order valence-electron chi connectivity index (χ1n) is 7.45. The number of hydrogen-bond donors (Lipinski definition) is 0. The van der Waals surface area contributed by atoms with E-state index in [0.29, 0.717) is 29.4 Å². The Kier molecular flexibility index (Phi) is 4.78. The summed E-state index contributed by atoms with van der Waals surface area (Å²) >= 11 is 5.82. The van der Waals surface area contributed by atoms with Crippen molar-refractivity contribution in [3.05, 3.63) is 58.8 Å². The summed E-state index contributed by atoms with van der Waals surface area (Å²) in [5, 5.41) is 0.473. The van der Waals surface area contributed by atoms with Crippen LogP contribution in [0.2, 0.25) is 5.02 Å². The van der Waals surface area contributed by atoms with Gasteiger partial charge in [-0.2, -0.15) is 0 Å². The van der Waals surface area contributed by atoms with Crippen LogP contribution < -0.4 is 4.31 Å². The highest BCUT2D eigenvalue weighted by molar-refractivity contribution is 7.92. The van der Waals surface area contributed by atoms with E-state index in [2.05, 4.69) is 9.72 Å². The molecule has 25 heavy (non-hydrogen) atoms. The van der Waals surface area contributed by atoms with Gasteiger partial charge in [0, 0.05) is 23.8 Å². The molecule has 1 aliphatic rings. The van der Waals surface area contributed by atoms with Gasteiger partial charge in [-0.3, -0.25) is 0 Å². The van der Waals surface area contributed by atoms with Gasteiger partial charge in [-0.25, -0.2) is 22.5 Å². The average Bonchev–Trinajstić information content (AvgIpc) is 3.04. The monoisotopic (exact) mass is 378 g/mol. The SMILES string of the molecule is COC(=O)C=Cc1cnc2c(c1)CCN2S(=O)(=O)c1ccc(Cl)cc1. The first kappa shape index (κ1) is 17.4. The van der Waals surface area contributed by atoms with Crippen LogP contribution in [0.25, 0.3) is 6.08 Å². The number of hydrogen-bond acceptors (Lipinski definition) is 5. The number of esters is 1. The summed E-state index contributed by atoms with van der Waals surface area (Å²) in [5.41, 5.74) is 1.51. The van der Waals surface area contributed by atoms with Crippen LogP contribution >= 0.6 is 11.6 Å². The van der Waals surface area contributed by atoms with Crippen molar-refractivity contribution < 1.29 is 17.9 Å². The molecule has 0 aliphatic carbocycles. The van der Waals surface area contributed by atoms with E-state index in [1.807, 2.05) is 6.07 Å². The van der Waals surface area contributed by atoms with Crippen LogP contribution in [0.15, 0.2) is 47.5 Å². The minimum Gasteiger partial charge on any atom is -0.466 e. The molecule has 2 aromatic rings. The molecule has 1 aliphatic heterocycles. The highest BCUT2D eigenvalue weighted by atomic mass is 35.5. The van der Waals surface area contributed by atoms with Gasteiger partial charge >= 0.3 is 5.97 Å². The van der Waals surface area contributed by atoms with Gasteiger partial charge in [-0.1, -0.05) is 11.6 Å². The lowest BCUT2D eigenvalue weighted by molar-refractivity contribution is -0.134. The maximum absolute atomic E-state index is 12.8. The fourth-order valence-corrected chi connectivity index (χ4v) is 4.13. The predicted molar refractivity (Wildman–Crippen MR) is 95.0 cm³/mol. The second-order valence-corrected chi connectivity index (χ2v) is 7.69. The Morgan fingerprint density at radius 2 is 2.04 bits per heavy atom. The zero-order chi connectivity index (χ0) is 18.0. The first-order valence-corrected chi connectivity index (χ1v) is 9.27. The minimum atomic E-state index is -3.69. The Bertz CT molecular complexity index is 940. The summed E-state index contributed by atoms with van der Waals surface area (Å²) in [6.45, 7) is 0.317. The van der Waals surface area contributed by atoms with Crippen molar-refractivity contribution in [3.8, 4) is 0 Å². The van der Waals surface area contributed by atoms with Crippen molar-refractivity contribution in [1.82, 2.24) is 4.98 Å². The van der Waals surface area contributed by atoms with Crippen LogP contribution in [0.3, 0.4) is 0 Å². The third-order valence-electron chi connectivity index (χ3n) is 3.80. The number of benzene rings is 1. The third-order valence-corrected chi connectivity index (χ3v) is 5.85. The Morgan fingerprint density at radius 1 is 1.32 bits per heavy atom. The molecule has 0 radical (unpaired) electrons.